The predicted octanol–water partition coefficient (Wildman–Crippen LogP) is 1.55. The highest BCUT2D eigenvalue weighted by Crippen LogP contribution is 2.07. The lowest BCUT2D eigenvalue weighted by Gasteiger charge is -2.11. The Hall–Kier alpha value is -0.990. The molecular formula is C10H20N2O. The third-order valence-electron chi connectivity index (χ3n) is 1.91. The summed E-state index contributed by atoms with van der Waals surface area (Å²) < 4.78 is 0. The van der Waals surface area contributed by atoms with Crippen molar-refractivity contribution in [3.05, 3.63) is 11.3 Å². The van der Waals surface area contributed by atoms with E-state index in [-0.39, 0.29) is 5.91 Å². The summed E-state index contributed by atoms with van der Waals surface area (Å²) in [5.74, 6) is -0.327. The first-order valence-electron chi connectivity index (χ1n) is 4.86. The number of rotatable bonds is 6. The Labute approximate surface area is 80.4 Å². The summed E-state index contributed by atoms with van der Waals surface area (Å²) in [6.07, 6.45) is 2.98. The summed E-state index contributed by atoms with van der Waals surface area (Å²) in [7, 11) is 0. The van der Waals surface area contributed by atoms with E-state index in [9.17, 15) is 4.79 Å². The predicted molar refractivity (Wildman–Crippen MR) is 55.1 cm³/mol. The Morgan fingerprint density at radius 1 is 1.31 bits per heavy atom. The lowest BCUT2D eigenvalue weighted by molar-refractivity contribution is -0.114. The third kappa shape index (κ3) is 4.55. The van der Waals surface area contributed by atoms with E-state index in [1.165, 1.54) is 0 Å². The van der Waals surface area contributed by atoms with Gasteiger partial charge in [0.15, 0.2) is 0 Å². The van der Waals surface area contributed by atoms with Crippen molar-refractivity contribution in [3.8, 4) is 0 Å². The summed E-state index contributed by atoms with van der Waals surface area (Å²) in [5, 5.41) is 3.23. The SMILES string of the molecule is CCCNC(CCC)=C(C)C(N)=O. The van der Waals surface area contributed by atoms with Crippen molar-refractivity contribution in [3.63, 3.8) is 0 Å². The van der Waals surface area contributed by atoms with Crippen LogP contribution in [0.3, 0.4) is 0 Å². The van der Waals surface area contributed by atoms with Gasteiger partial charge in [0.1, 0.15) is 0 Å². The molecule has 0 bridgehead atoms. The molecule has 0 aromatic rings. The minimum atomic E-state index is -0.327. The van der Waals surface area contributed by atoms with Crippen LogP contribution in [-0.4, -0.2) is 12.5 Å². The fraction of sp³-hybridized carbons (Fsp3) is 0.700. The molecule has 76 valence electrons. The van der Waals surface area contributed by atoms with E-state index in [0.717, 1.165) is 31.5 Å². The monoisotopic (exact) mass is 184 g/mol. The van der Waals surface area contributed by atoms with Crippen LogP contribution in [-0.2, 0) is 4.79 Å². The largest absolute Gasteiger partial charge is 0.388 e. The van der Waals surface area contributed by atoms with Crippen molar-refractivity contribution in [2.75, 3.05) is 6.54 Å². The second-order valence-corrected chi connectivity index (χ2v) is 3.14. The van der Waals surface area contributed by atoms with Gasteiger partial charge in [-0.15, -0.1) is 0 Å². The van der Waals surface area contributed by atoms with Crippen LogP contribution in [0, 0.1) is 0 Å². The second kappa shape index (κ2) is 6.52. The van der Waals surface area contributed by atoms with Crippen LogP contribution in [0.2, 0.25) is 0 Å². The quantitative estimate of drug-likeness (QED) is 0.615. The normalized spacial score (nSPS) is 12.2. The van der Waals surface area contributed by atoms with Gasteiger partial charge in [-0.3, -0.25) is 4.79 Å². The average molecular weight is 184 g/mol. The molecule has 1 amide bonds. The van der Waals surface area contributed by atoms with E-state index in [4.69, 9.17) is 5.73 Å². The molecule has 0 aliphatic rings. The van der Waals surface area contributed by atoms with Gasteiger partial charge in [-0.2, -0.15) is 0 Å². The minimum Gasteiger partial charge on any atom is -0.388 e. The number of nitrogens with one attached hydrogen (secondary N) is 1. The van der Waals surface area contributed by atoms with Gasteiger partial charge in [0, 0.05) is 17.8 Å². The van der Waals surface area contributed by atoms with Gasteiger partial charge >= 0.3 is 0 Å². The van der Waals surface area contributed by atoms with Crippen LogP contribution in [0.1, 0.15) is 40.0 Å². The maximum absolute atomic E-state index is 10.9. The smallest absolute Gasteiger partial charge is 0.246 e. The summed E-state index contributed by atoms with van der Waals surface area (Å²) >= 11 is 0. The fourth-order valence-electron chi connectivity index (χ4n) is 1.08. The first-order chi connectivity index (χ1) is 6.13. The zero-order valence-corrected chi connectivity index (χ0v) is 8.81. The molecule has 0 fully saturated rings. The van der Waals surface area contributed by atoms with Crippen molar-refractivity contribution >= 4 is 5.91 Å². The molecule has 3 nitrogen and oxygen atoms in total. The molecule has 0 spiro atoms. The molecular weight excluding hydrogens is 164 g/mol. The molecule has 0 saturated heterocycles. The molecule has 0 aliphatic heterocycles. The molecule has 0 aromatic heterocycles. The van der Waals surface area contributed by atoms with Crippen LogP contribution in [0.25, 0.3) is 0 Å². The highest BCUT2D eigenvalue weighted by molar-refractivity contribution is 5.91. The van der Waals surface area contributed by atoms with Gasteiger partial charge in [-0.1, -0.05) is 20.3 Å². The van der Waals surface area contributed by atoms with Gasteiger partial charge in [-0.05, 0) is 19.8 Å². The molecule has 0 rings (SSSR count). The Bertz CT molecular complexity index is 197. The number of allylic oxidation sites excluding steroid dienone is 1. The summed E-state index contributed by atoms with van der Waals surface area (Å²) in [4.78, 5) is 10.9. The molecule has 0 aliphatic carbocycles. The summed E-state index contributed by atoms with van der Waals surface area (Å²) in [6.45, 7) is 6.86. The van der Waals surface area contributed by atoms with E-state index in [1.807, 2.05) is 0 Å². The molecule has 0 heterocycles. The second-order valence-electron chi connectivity index (χ2n) is 3.14. The number of amides is 1. The number of nitrogens with two attached hydrogens (primary N) is 1. The average Bonchev–Trinajstić information content (AvgIpc) is 2.11. The zero-order valence-electron chi connectivity index (χ0n) is 8.81. The Morgan fingerprint density at radius 3 is 2.31 bits per heavy atom. The minimum absolute atomic E-state index is 0.327. The molecule has 0 radical (unpaired) electrons. The van der Waals surface area contributed by atoms with Gasteiger partial charge in [0.2, 0.25) is 5.91 Å². The highest BCUT2D eigenvalue weighted by Gasteiger charge is 2.05. The maximum atomic E-state index is 10.9. The lowest BCUT2D eigenvalue weighted by Crippen LogP contribution is -2.22. The Balaban J connectivity index is 4.37. The number of hydrogen-bond donors (Lipinski definition) is 2. The van der Waals surface area contributed by atoms with Crippen molar-refractivity contribution in [1.82, 2.24) is 5.32 Å². The van der Waals surface area contributed by atoms with E-state index < -0.39 is 0 Å². The lowest BCUT2D eigenvalue weighted by atomic mass is 10.1. The summed E-state index contributed by atoms with van der Waals surface area (Å²) in [6, 6.07) is 0. The fourth-order valence-corrected chi connectivity index (χ4v) is 1.08. The first kappa shape index (κ1) is 12.0. The topological polar surface area (TPSA) is 55.1 Å². The van der Waals surface area contributed by atoms with Gasteiger partial charge in [0.25, 0.3) is 0 Å². The molecule has 0 unspecified atom stereocenters. The molecule has 3 N–H and O–H groups in total. The van der Waals surface area contributed by atoms with Crippen LogP contribution >= 0.6 is 0 Å². The van der Waals surface area contributed by atoms with Crippen molar-refractivity contribution in [2.45, 2.75) is 40.0 Å². The number of hydrogen-bond acceptors (Lipinski definition) is 2. The van der Waals surface area contributed by atoms with Crippen LogP contribution < -0.4 is 11.1 Å². The van der Waals surface area contributed by atoms with Gasteiger partial charge in [0.05, 0.1) is 0 Å². The summed E-state index contributed by atoms with van der Waals surface area (Å²) in [5.41, 5.74) is 6.86. The van der Waals surface area contributed by atoms with Crippen molar-refractivity contribution in [1.29, 1.82) is 0 Å². The molecule has 0 saturated carbocycles. The zero-order chi connectivity index (χ0) is 10.3. The van der Waals surface area contributed by atoms with E-state index in [2.05, 4.69) is 19.2 Å². The Morgan fingerprint density at radius 2 is 1.92 bits per heavy atom. The molecule has 13 heavy (non-hydrogen) atoms. The first-order valence-corrected chi connectivity index (χ1v) is 4.86. The van der Waals surface area contributed by atoms with Crippen molar-refractivity contribution in [2.24, 2.45) is 5.73 Å². The number of primary amides is 1. The van der Waals surface area contributed by atoms with Crippen LogP contribution in [0.4, 0.5) is 0 Å². The van der Waals surface area contributed by atoms with E-state index >= 15 is 0 Å². The van der Waals surface area contributed by atoms with Gasteiger partial charge in [-0.25, -0.2) is 0 Å². The third-order valence-corrected chi connectivity index (χ3v) is 1.91. The number of carbonyl (C=O) groups is 1. The van der Waals surface area contributed by atoms with Crippen LogP contribution in [0.15, 0.2) is 11.3 Å². The van der Waals surface area contributed by atoms with Crippen LogP contribution in [0.5, 0.6) is 0 Å². The standard InChI is InChI=1S/C10H20N2O/c1-4-6-9(12-7-5-2)8(3)10(11)13/h12H,4-7H2,1-3H3,(H2,11,13). The molecule has 0 atom stereocenters. The number of carbonyl (C=O) groups excluding carboxylic acids is 1. The maximum Gasteiger partial charge on any atom is 0.246 e. The molecule has 0 aromatic carbocycles. The van der Waals surface area contributed by atoms with Crippen molar-refractivity contribution < 1.29 is 4.79 Å². The van der Waals surface area contributed by atoms with E-state index in [1.54, 1.807) is 6.92 Å². The molecule has 3 heteroatoms. The highest BCUT2D eigenvalue weighted by atomic mass is 16.1. The Kier molecular flexibility index (Phi) is 6.02. The van der Waals surface area contributed by atoms with Gasteiger partial charge < -0.3 is 11.1 Å². The van der Waals surface area contributed by atoms with E-state index in [0.29, 0.717) is 5.57 Å².